The molecule has 4 rings (SSSR count). The second-order valence-corrected chi connectivity index (χ2v) is 10.8. The summed E-state index contributed by atoms with van der Waals surface area (Å²) in [5.41, 5.74) is 10.5. The lowest BCUT2D eigenvalue weighted by Crippen LogP contribution is -2.27. The third kappa shape index (κ3) is 4.49. The minimum atomic E-state index is -3.27. The quantitative estimate of drug-likeness (QED) is 0.706. The molecule has 0 bridgehead atoms. The molecule has 2 aliphatic rings. The largest absolute Gasteiger partial charge is 0.494 e. The highest BCUT2D eigenvalue weighted by Crippen LogP contribution is 2.40. The SMILES string of the molecule is CC(C)OC1=CC=C(c2nnc(-c3cccc4c3CCC4NS(C)(=O)=O)s2)CC1N. The van der Waals surface area contributed by atoms with Gasteiger partial charge in [-0.05, 0) is 55.9 Å². The van der Waals surface area contributed by atoms with E-state index in [1.807, 2.05) is 44.2 Å². The molecule has 30 heavy (non-hydrogen) atoms. The molecule has 7 nitrogen and oxygen atoms in total. The number of ether oxygens (including phenoxy) is 1. The van der Waals surface area contributed by atoms with Crippen LogP contribution in [-0.2, 0) is 21.2 Å². The van der Waals surface area contributed by atoms with Crippen molar-refractivity contribution < 1.29 is 13.2 Å². The van der Waals surface area contributed by atoms with Gasteiger partial charge in [-0.1, -0.05) is 35.6 Å². The van der Waals surface area contributed by atoms with Gasteiger partial charge in [0.25, 0.3) is 0 Å². The van der Waals surface area contributed by atoms with Crippen molar-refractivity contribution >= 4 is 26.9 Å². The van der Waals surface area contributed by atoms with E-state index in [1.165, 1.54) is 17.6 Å². The predicted molar refractivity (Wildman–Crippen MR) is 119 cm³/mol. The predicted octanol–water partition coefficient (Wildman–Crippen LogP) is 3.16. The van der Waals surface area contributed by atoms with Crippen LogP contribution >= 0.6 is 11.3 Å². The Labute approximate surface area is 181 Å². The normalized spacial score (nSPS) is 21.4. The maximum Gasteiger partial charge on any atom is 0.209 e. The van der Waals surface area contributed by atoms with E-state index in [1.54, 1.807) is 0 Å². The van der Waals surface area contributed by atoms with Gasteiger partial charge >= 0.3 is 0 Å². The van der Waals surface area contributed by atoms with Crippen LogP contribution in [0.2, 0.25) is 0 Å². The Kier molecular flexibility index (Phi) is 5.80. The zero-order chi connectivity index (χ0) is 21.5. The van der Waals surface area contributed by atoms with E-state index in [2.05, 4.69) is 14.9 Å². The van der Waals surface area contributed by atoms with Gasteiger partial charge in [-0.25, -0.2) is 13.1 Å². The number of sulfonamides is 1. The topological polar surface area (TPSA) is 107 Å². The molecule has 0 radical (unpaired) electrons. The van der Waals surface area contributed by atoms with E-state index in [0.717, 1.165) is 50.9 Å². The summed E-state index contributed by atoms with van der Waals surface area (Å²) in [5.74, 6) is 0.795. The third-order valence-electron chi connectivity index (χ3n) is 5.18. The van der Waals surface area contributed by atoms with Gasteiger partial charge in [0.1, 0.15) is 15.8 Å². The number of nitrogens with one attached hydrogen (secondary N) is 1. The fourth-order valence-corrected chi connectivity index (χ4v) is 5.66. The first-order valence-electron chi connectivity index (χ1n) is 9.97. The van der Waals surface area contributed by atoms with Gasteiger partial charge < -0.3 is 10.5 Å². The van der Waals surface area contributed by atoms with E-state index in [4.69, 9.17) is 10.5 Å². The molecule has 0 aliphatic heterocycles. The van der Waals surface area contributed by atoms with Crippen LogP contribution in [0.3, 0.4) is 0 Å². The number of rotatable bonds is 6. The maximum absolute atomic E-state index is 11.7. The average Bonchev–Trinajstić information content (AvgIpc) is 3.29. The van der Waals surface area contributed by atoms with E-state index in [0.29, 0.717) is 6.42 Å². The number of nitrogens with zero attached hydrogens (tertiary/aromatic N) is 2. The van der Waals surface area contributed by atoms with Crippen molar-refractivity contribution in [3.05, 3.63) is 52.2 Å². The van der Waals surface area contributed by atoms with Gasteiger partial charge in [0.15, 0.2) is 0 Å². The molecule has 9 heteroatoms. The average molecular weight is 447 g/mol. The molecule has 160 valence electrons. The monoisotopic (exact) mass is 446 g/mol. The second kappa shape index (κ2) is 8.22. The smallest absolute Gasteiger partial charge is 0.209 e. The molecule has 1 heterocycles. The Bertz CT molecular complexity index is 1120. The van der Waals surface area contributed by atoms with Crippen LogP contribution in [0.15, 0.2) is 36.1 Å². The second-order valence-electron chi connectivity index (χ2n) is 8.01. The third-order valence-corrected chi connectivity index (χ3v) is 6.93. The minimum Gasteiger partial charge on any atom is -0.494 e. The van der Waals surface area contributed by atoms with Gasteiger partial charge in [-0.2, -0.15) is 0 Å². The summed E-state index contributed by atoms with van der Waals surface area (Å²) in [6, 6.07) is 5.59. The zero-order valence-electron chi connectivity index (χ0n) is 17.3. The highest BCUT2D eigenvalue weighted by atomic mass is 32.2. The summed E-state index contributed by atoms with van der Waals surface area (Å²) in [6.07, 6.45) is 7.42. The summed E-state index contributed by atoms with van der Waals surface area (Å²) in [5, 5.41) is 10.5. The van der Waals surface area contributed by atoms with Gasteiger partial charge in [-0.3, -0.25) is 0 Å². The van der Waals surface area contributed by atoms with Crippen LogP contribution in [0.5, 0.6) is 0 Å². The molecule has 0 spiro atoms. The van der Waals surface area contributed by atoms with Crippen LogP contribution in [-0.4, -0.2) is 37.0 Å². The Morgan fingerprint density at radius 1 is 1.23 bits per heavy atom. The molecule has 0 fully saturated rings. The van der Waals surface area contributed by atoms with E-state index < -0.39 is 10.0 Å². The zero-order valence-corrected chi connectivity index (χ0v) is 18.9. The van der Waals surface area contributed by atoms with Gasteiger partial charge in [0.05, 0.1) is 18.4 Å². The molecule has 2 aliphatic carbocycles. The van der Waals surface area contributed by atoms with Crippen molar-refractivity contribution in [3.8, 4) is 10.6 Å². The molecule has 2 aromatic rings. The Balaban J connectivity index is 1.60. The minimum absolute atomic E-state index is 0.0894. The number of hydrogen-bond donors (Lipinski definition) is 2. The first kappa shape index (κ1) is 21.2. The number of allylic oxidation sites excluding steroid dienone is 2. The van der Waals surface area contributed by atoms with Crippen LogP contribution in [0, 0.1) is 0 Å². The van der Waals surface area contributed by atoms with Crippen LogP contribution in [0.1, 0.15) is 48.9 Å². The fraction of sp³-hybridized carbons (Fsp3) is 0.429. The lowest BCUT2D eigenvalue weighted by atomic mass is 10.00. The molecule has 3 N–H and O–H groups in total. The maximum atomic E-state index is 11.7. The molecule has 0 saturated heterocycles. The number of fused-ring (bicyclic) bond motifs is 1. The number of benzene rings is 1. The molecular formula is C21H26N4O3S2. The number of aromatic nitrogens is 2. The molecule has 2 atom stereocenters. The molecule has 0 amide bonds. The standard InChI is InChI=1S/C21H26N4O3S2/c1-12(2)28-19-10-7-13(11-17(19)22)20-23-24-21(29-20)16-6-4-5-15-14(16)8-9-18(15)25-30(3,26)27/h4-7,10,12,17-18,25H,8-9,11,22H2,1-3H3. The molecular weight excluding hydrogens is 420 g/mol. The number of nitrogens with two attached hydrogens (primary N) is 1. The van der Waals surface area contributed by atoms with Crippen molar-refractivity contribution in [1.82, 2.24) is 14.9 Å². The fourth-order valence-electron chi connectivity index (χ4n) is 3.97. The van der Waals surface area contributed by atoms with E-state index in [-0.39, 0.29) is 18.2 Å². The summed E-state index contributed by atoms with van der Waals surface area (Å²) < 4.78 is 31.9. The molecule has 1 aromatic carbocycles. The van der Waals surface area contributed by atoms with Gasteiger partial charge in [0.2, 0.25) is 10.0 Å². The molecule has 2 unspecified atom stereocenters. The van der Waals surface area contributed by atoms with Crippen molar-refractivity contribution in [2.24, 2.45) is 5.73 Å². The van der Waals surface area contributed by atoms with Crippen LogP contribution in [0.25, 0.3) is 16.1 Å². The summed E-state index contributed by atoms with van der Waals surface area (Å²) >= 11 is 1.54. The van der Waals surface area contributed by atoms with Crippen LogP contribution < -0.4 is 10.5 Å². The van der Waals surface area contributed by atoms with Gasteiger partial charge in [-0.15, -0.1) is 10.2 Å². The lowest BCUT2D eigenvalue weighted by molar-refractivity contribution is 0.133. The van der Waals surface area contributed by atoms with Crippen molar-refractivity contribution in [2.45, 2.75) is 51.3 Å². The Hall–Kier alpha value is -2.07. The van der Waals surface area contributed by atoms with Crippen molar-refractivity contribution in [1.29, 1.82) is 0 Å². The Morgan fingerprint density at radius 3 is 2.70 bits per heavy atom. The number of hydrogen-bond acceptors (Lipinski definition) is 7. The highest BCUT2D eigenvalue weighted by molar-refractivity contribution is 7.88. The van der Waals surface area contributed by atoms with Gasteiger partial charge in [0, 0.05) is 11.6 Å². The van der Waals surface area contributed by atoms with Crippen molar-refractivity contribution in [2.75, 3.05) is 6.26 Å². The summed E-state index contributed by atoms with van der Waals surface area (Å²) in [4.78, 5) is 0. The molecule has 1 aromatic heterocycles. The van der Waals surface area contributed by atoms with E-state index in [9.17, 15) is 8.42 Å². The van der Waals surface area contributed by atoms with E-state index >= 15 is 0 Å². The lowest BCUT2D eigenvalue weighted by Gasteiger charge is -2.22. The van der Waals surface area contributed by atoms with Crippen molar-refractivity contribution in [3.63, 3.8) is 0 Å². The van der Waals surface area contributed by atoms with Crippen LogP contribution in [0.4, 0.5) is 0 Å². The summed E-state index contributed by atoms with van der Waals surface area (Å²) in [7, 11) is -3.27. The first-order chi connectivity index (χ1) is 14.2. The molecule has 0 saturated carbocycles. The summed E-state index contributed by atoms with van der Waals surface area (Å²) in [6.45, 7) is 3.97. The highest BCUT2D eigenvalue weighted by Gasteiger charge is 2.28. The first-order valence-corrected chi connectivity index (χ1v) is 12.7. The Morgan fingerprint density at radius 2 is 2.00 bits per heavy atom.